The van der Waals surface area contributed by atoms with Crippen LogP contribution in [0.2, 0.25) is 0 Å². The molecular weight excluding hydrogens is 318 g/mol. The van der Waals surface area contributed by atoms with E-state index in [0.29, 0.717) is 10.8 Å². The molecule has 2 rings (SSSR count). The molecule has 0 spiro atoms. The number of benzene rings is 1. The Morgan fingerprint density at radius 1 is 1.18 bits per heavy atom. The molecule has 120 valence electrons. The van der Waals surface area contributed by atoms with Crippen molar-refractivity contribution in [3.63, 3.8) is 0 Å². The van der Waals surface area contributed by atoms with Gasteiger partial charge in [0, 0.05) is 30.2 Å². The molecule has 2 N–H and O–H groups in total. The molecule has 22 heavy (non-hydrogen) atoms. The normalized spacial score (nSPS) is 16.0. The van der Waals surface area contributed by atoms with Gasteiger partial charge in [-0.3, -0.25) is 0 Å². The highest BCUT2D eigenvalue weighted by atomic mass is 32.2. The molecule has 0 aromatic heterocycles. The van der Waals surface area contributed by atoms with E-state index in [2.05, 4.69) is 29.4 Å². The van der Waals surface area contributed by atoms with Gasteiger partial charge in [0.05, 0.1) is 11.5 Å². The maximum absolute atomic E-state index is 11.4. The molecule has 5 nitrogen and oxygen atoms in total. The maximum atomic E-state index is 11.4. The third-order valence-corrected chi connectivity index (χ3v) is 5.12. The lowest BCUT2D eigenvalue weighted by molar-refractivity contribution is 0.603. The molecule has 7 heteroatoms. The minimum Gasteiger partial charge on any atom is -0.372 e. The van der Waals surface area contributed by atoms with Crippen LogP contribution in [0.1, 0.15) is 13.8 Å². The predicted molar refractivity (Wildman–Crippen MR) is 96.1 cm³/mol. The van der Waals surface area contributed by atoms with Gasteiger partial charge in [-0.05, 0) is 56.4 Å². The molecule has 1 aliphatic heterocycles. The van der Waals surface area contributed by atoms with Crippen LogP contribution in [-0.2, 0) is 9.84 Å². The van der Waals surface area contributed by atoms with Crippen LogP contribution in [0.5, 0.6) is 0 Å². The summed E-state index contributed by atoms with van der Waals surface area (Å²) in [7, 11) is -2.98. The van der Waals surface area contributed by atoms with Crippen molar-refractivity contribution in [2.75, 3.05) is 34.8 Å². The summed E-state index contributed by atoms with van der Waals surface area (Å²) in [5.74, 6) is 0.103. The summed E-state index contributed by atoms with van der Waals surface area (Å²) >= 11 is 5.21. The first-order valence-electron chi connectivity index (χ1n) is 7.26. The molecule has 1 aromatic rings. The van der Waals surface area contributed by atoms with E-state index < -0.39 is 9.84 Å². The molecule has 1 heterocycles. The molecule has 0 atom stereocenters. The molecule has 0 bridgehead atoms. The van der Waals surface area contributed by atoms with E-state index in [1.807, 2.05) is 24.3 Å². The Balaban J connectivity index is 1.92. The summed E-state index contributed by atoms with van der Waals surface area (Å²) in [6.45, 7) is 6.17. The van der Waals surface area contributed by atoms with Gasteiger partial charge in [-0.1, -0.05) is 0 Å². The van der Waals surface area contributed by atoms with E-state index in [1.165, 1.54) is 5.69 Å². The smallest absolute Gasteiger partial charge is 0.175 e. The van der Waals surface area contributed by atoms with E-state index in [9.17, 15) is 8.42 Å². The molecule has 0 aliphatic carbocycles. The molecule has 1 aliphatic rings. The van der Waals surface area contributed by atoms with E-state index in [1.54, 1.807) is 6.08 Å². The molecule has 1 aromatic carbocycles. The zero-order chi connectivity index (χ0) is 16.2. The van der Waals surface area contributed by atoms with Gasteiger partial charge >= 0.3 is 0 Å². The second kappa shape index (κ2) is 7.11. The average Bonchev–Trinajstić information content (AvgIpc) is 2.81. The van der Waals surface area contributed by atoms with Crippen molar-refractivity contribution in [1.82, 2.24) is 5.32 Å². The van der Waals surface area contributed by atoms with Gasteiger partial charge in [0.1, 0.15) is 0 Å². The Kier molecular flexibility index (Phi) is 5.42. The van der Waals surface area contributed by atoms with Gasteiger partial charge in [-0.25, -0.2) is 8.42 Å². The van der Waals surface area contributed by atoms with Crippen LogP contribution < -0.4 is 15.5 Å². The lowest BCUT2D eigenvalue weighted by Gasteiger charge is -2.21. The Morgan fingerprint density at radius 2 is 1.82 bits per heavy atom. The topological polar surface area (TPSA) is 61.4 Å². The fourth-order valence-corrected chi connectivity index (χ4v) is 3.81. The first kappa shape index (κ1) is 16.8. The summed E-state index contributed by atoms with van der Waals surface area (Å²) in [5, 5.41) is 6.40. The van der Waals surface area contributed by atoms with Crippen LogP contribution in [0, 0.1) is 0 Å². The molecule has 0 fully saturated rings. The minimum absolute atomic E-state index is 0.0235. The first-order valence-corrected chi connectivity index (χ1v) is 9.49. The van der Waals surface area contributed by atoms with Gasteiger partial charge in [0.2, 0.25) is 0 Å². The van der Waals surface area contributed by atoms with Crippen LogP contribution in [0.3, 0.4) is 0 Å². The number of nitrogens with zero attached hydrogens (tertiary/aromatic N) is 1. The van der Waals surface area contributed by atoms with Crippen LogP contribution in [0.25, 0.3) is 0 Å². The largest absolute Gasteiger partial charge is 0.372 e. The monoisotopic (exact) mass is 339 g/mol. The summed E-state index contributed by atoms with van der Waals surface area (Å²) in [4.78, 5) is 2.26. The lowest BCUT2D eigenvalue weighted by atomic mass is 10.2. The van der Waals surface area contributed by atoms with E-state index in [-0.39, 0.29) is 11.5 Å². The molecule has 0 saturated carbocycles. The average molecular weight is 339 g/mol. The maximum Gasteiger partial charge on any atom is 0.175 e. The number of rotatable bonds is 5. The van der Waals surface area contributed by atoms with Crippen LogP contribution in [0.15, 0.2) is 36.0 Å². The second-order valence-electron chi connectivity index (χ2n) is 5.08. The quantitative estimate of drug-likeness (QED) is 0.802. The van der Waals surface area contributed by atoms with Crippen molar-refractivity contribution in [2.45, 2.75) is 13.8 Å². The van der Waals surface area contributed by atoms with Gasteiger partial charge in [0.25, 0.3) is 0 Å². The minimum atomic E-state index is -2.98. The molecule has 0 amide bonds. The number of hydrogen-bond acceptors (Lipinski definition) is 4. The van der Waals surface area contributed by atoms with Crippen molar-refractivity contribution in [3.8, 4) is 0 Å². The van der Waals surface area contributed by atoms with Gasteiger partial charge in [0.15, 0.2) is 14.9 Å². The zero-order valence-corrected chi connectivity index (χ0v) is 14.4. The predicted octanol–water partition coefficient (Wildman–Crippen LogP) is 2.13. The van der Waals surface area contributed by atoms with Crippen LogP contribution in [-0.4, -0.2) is 38.1 Å². The highest BCUT2D eigenvalue weighted by molar-refractivity contribution is 7.92. The highest BCUT2D eigenvalue weighted by Gasteiger charge is 2.20. The zero-order valence-electron chi connectivity index (χ0n) is 12.8. The highest BCUT2D eigenvalue weighted by Crippen LogP contribution is 2.18. The Labute approximate surface area is 137 Å². The molecule has 0 radical (unpaired) electrons. The SMILES string of the molecule is CCN(CC)c1ccc(NC(=S)NC2=CCS(=O)(=O)C2)cc1. The van der Waals surface area contributed by atoms with E-state index in [4.69, 9.17) is 12.2 Å². The molecular formula is C15H21N3O2S2. The van der Waals surface area contributed by atoms with Crippen molar-refractivity contribution < 1.29 is 8.42 Å². The van der Waals surface area contributed by atoms with Crippen LogP contribution in [0.4, 0.5) is 11.4 Å². The second-order valence-corrected chi connectivity index (χ2v) is 7.60. The molecule has 0 saturated heterocycles. The van der Waals surface area contributed by atoms with Gasteiger partial charge in [-0.15, -0.1) is 0 Å². The van der Waals surface area contributed by atoms with Crippen molar-refractivity contribution in [2.24, 2.45) is 0 Å². The summed E-state index contributed by atoms with van der Waals surface area (Å²) in [6, 6.07) is 8.00. The Morgan fingerprint density at radius 3 is 2.32 bits per heavy atom. The Bertz CT molecular complexity index is 663. The Hall–Kier alpha value is -1.60. The number of sulfone groups is 1. The van der Waals surface area contributed by atoms with Crippen molar-refractivity contribution in [3.05, 3.63) is 36.0 Å². The van der Waals surface area contributed by atoms with E-state index >= 15 is 0 Å². The third-order valence-electron chi connectivity index (χ3n) is 3.49. The number of hydrogen-bond donors (Lipinski definition) is 2. The van der Waals surface area contributed by atoms with Crippen molar-refractivity contribution >= 4 is 38.5 Å². The van der Waals surface area contributed by atoms with Gasteiger partial charge in [-0.2, -0.15) is 0 Å². The van der Waals surface area contributed by atoms with Crippen LogP contribution >= 0.6 is 12.2 Å². The molecule has 0 unspecified atom stereocenters. The summed E-state index contributed by atoms with van der Waals surface area (Å²) in [6.07, 6.45) is 1.66. The fraction of sp³-hybridized carbons (Fsp3) is 0.400. The lowest BCUT2D eigenvalue weighted by Crippen LogP contribution is -2.29. The van der Waals surface area contributed by atoms with Gasteiger partial charge < -0.3 is 15.5 Å². The summed E-state index contributed by atoms with van der Waals surface area (Å²) in [5.41, 5.74) is 2.67. The van der Waals surface area contributed by atoms with E-state index in [0.717, 1.165) is 18.8 Å². The fourth-order valence-electron chi connectivity index (χ4n) is 2.32. The number of thiocarbonyl (C=S) groups is 1. The number of nitrogens with one attached hydrogen (secondary N) is 2. The standard InChI is InChI=1S/C15H21N3O2S2/c1-3-18(4-2)14-7-5-12(6-8-14)16-15(21)17-13-9-10-22(19,20)11-13/h5-9H,3-4,10-11H2,1-2H3,(H2,16,17,21). The van der Waals surface area contributed by atoms with Crippen molar-refractivity contribution in [1.29, 1.82) is 0 Å². The summed E-state index contributed by atoms with van der Waals surface area (Å²) < 4.78 is 22.8. The third kappa shape index (κ3) is 4.45. The first-order chi connectivity index (χ1) is 10.4. The number of anilines is 2.